The van der Waals surface area contributed by atoms with Gasteiger partial charge in [-0.25, -0.2) is 4.57 Å². The molecular weight excluding hydrogens is 231 g/mol. The Morgan fingerprint density at radius 3 is 2.44 bits per heavy atom. The number of benzene rings is 1. The van der Waals surface area contributed by atoms with Crippen LogP contribution in [0.3, 0.4) is 0 Å². The summed E-state index contributed by atoms with van der Waals surface area (Å²) in [6.07, 6.45) is 0. The zero-order valence-corrected chi connectivity index (χ0v) is 9.68. The van der Waals surface area contributed by atoms with Crippen LogP contribution in [0.5, 0.6) is 11.5 Å². The lowest BCUT2D eigenvalue weighted by molar-refractivity contribution is 0.272. The van der Waals surface area contributed by atoms with Crippen molar-refractivity contribution in [1.82, 2.24) is 0 Å². The van der Waals surface area contributed by atoms with Crippen LogP contribution in [0, 0.1) is 0 Å². The van der Waals surface area contributed by atoms with E-state index in [2.05, 4.69) is 11.1 Å². The van der Waals surface area contributed by atoms with Gasteiger partial charge in [-0.2, -0.15) is 0 Å². The number of phosphoric acid groups is 1. The molecule has 0 aromatic heterocycles. The van der Waals surface area contributed by atoms with Crippen molar-refractivity contribution in [3.05, 3.63) is 36.4 Å². The molecule has 6 heteroatoms. The van der Waals surface area contributed by atoms with Gasteiger partial charge >= 0.3 is 7.82 Å². The Kier molecular flexibility index (Phi) is 4.12. The zero-order chi connectivity index (χ0) is 12.2. The van der Waals surface area contributed by atoms with Crippen molar-refractivity contribution in [1.29, 1.82) is 0 Å². The molecule has 0 spiro atoms. The van der Waals surface area contributed by atoms with E-state index in [9.17, 15) is 4.57 Å². The first kappa shape index (κ1) is 12.8. The summed E-state index contributed by atoms with van der Waals surface area (Å²) >= 11 is 0. The fourth-order valence-corrected chi connectivity index (χ4v) is 1.38. The van der Waals surface area contributed by atoms with Gasteiger partial charge in [0.2, 0.25) is 0 Å². The van der Waals surface area contributed by atoms with Gasteiger partial charge in [-0.1, -0.05) is 18.7 Å². The monoisotopic (exact) mass is 244 g/mol. The highest BCUT2D eigenvalue weighted by atomic mass is 31.2. The molecule has 0 bridgehead atoms. The fourth-order valence-electron chi connectivity index (χ4n) is 0.974. The summed E-state index contributed by atoms with van der Waals surface area (Å²) < 4.78 is 20.4. The van der Waals surface area contributed by atoms with Crippen LogP contribution < -0.4 is 9.26 Å². The lowest BCUT2D eigenvalue weighted by Gasteiger charge is -2.12. The Balaban J connectivity index is 2.83. The molecule has 0 amide bonds. The first-order valence-corrected chi connectivity index (χ1v) is 6.03. The molecule has 0 heterocycles. The Morgan fingerprint density at radius 2 is 1.94 bits per heavy atom. The van der Waals surface area contributed by atoms with Gasteiger partial charge in [-0.05, 0) is 24.6 Å². The van der Waals surface area contributed by atoms with Crippen molar-refractivity contribution in [2.75, 3.05) is 6.61 Å². The average Bonchev–Trinajstić information content (AvgIpc) is 2.14. The second kappa shape index (κ2) is 5.16. The molecule has 0 aliphatic carbocycles. The van der Waals surface area contributed by atoms with Gasteiger partial charge in [0.25, 0.3) is 0 Å². The summed E-state index contributed by atoms with van der Waals surface area (Å²) in [6.45, 7) is 5.70. The summed E-state index contributed by atoms with van der Waals surface area (Å²) in [6, 6.07) is 6.26. The summed E-state index contributed by atoms with van der Waals surface area (Å²) in [5.74, 6) is 0.283. The molecule has 1 aromatic rings. The number of hydrogen-bond acceptors (Lipinski definition) is 3. The van der Waals surface area contributed by atoms with E-state index in [-0.39, 0.29) is 18.1 Å². The molecule has 2 N–H and O–H groups in total. The normalized spacial score (nSPS) is 10.9. The predicted molar refractivity (Wildman–Crippen MR) is 59.4 cm³/mol. The van der Waals surface area contributed by atoms with Crippen molar-refractivity contribution < 1.29 is 23.6 Å². The van der Waals surface area contributed by atoms with Gasteiger partial charge in [-0.15, -0.1) is 0 Å². The molecule has 0 radical (unpaired) electrons. The minimum Gasteiger partial charge on any atom is -0.485 e. The first-order valence-electron chi connectivity index (χ1n) is 4.50. The van der Waals surface area contributed by atoms with Crippen molar-refractivity contribution >= 4 is 7.82 Å². The van der Waals surface area contributed by atoms with E-state index in [1.165, 1.54) is 6.07 Å². The molecule has 88 valence electrons. The van der Waals surface area contributed by atoms with Crippen LogP contribution >= 0.6 is 7.82 Å². The van der Waals surface area contributed by atoms with Gasteiger partial charge in [0.15, 0.2) is 11.5 Å². The van der Waals surface area contributed by atoms with Crippen LogP contribution in [0.25, 0.3) is 0 Å². The summed E-state index contributed by atoms with van der Waals surface area (Å²) in [7, 11) is -4.56. The van der Waals surface area contributed by atoms with Gasteiger partial charge < -0.3 is 9.26 Å². The van der Waals surface area contributed by atoms with Crippen molar-refractivity contribution in [3.63, 3.8) is 0 Å². The summed E-state index contributed by atoms with van der Waals surface area (Å²) in [5, 5.41) is 0. The van der Waals surface area contributed by atoms with Crippen molar-refractivity contribution in [2.24, 2.45) is 0 Å². The number of para-hydroxylation sites is 2. The van der Waals surface area contributed by atoms with Crippen LogP contribution in [0.15, 0.2) is 36.4 Å². The summed E-state index contributed by atoms with van der Waals surface area (Å²) in [4.78, 5) is 17.4. The maximum absolute atomic E-state index is 10.7. The Bertz CT molecular complexity index is 423. The van der Waals surface area contributed by atoms with E-state index in [1.807, 2.05) is 0 Å². The minimum atomic E-state index is -4.56. The Hall–Kier alpha value is -1.29. The van der Waals surface area contributed by atoms with Crippen LogP contribution in [-0.2, 0) is 4.57 Å². The highest BCUT2D eigenvalue weighted by molar-refractivity contribution is 7.46. The maximum Gasteiger partial charge on any atom is 0.524 e. The molecule has 1 rings (SSSR count). The lowest BCUT2D eigenvalue weighted by Crippen LogP contribution is -2.00. The number of rotatable bonds is 5. The quantitative estimate of drug-likeness (QED) is 0.612. The molecule has 0 atom stereocenters. The third-order valence-electron chi connectivity index (χ3n) is 1.54. The SMILES string of the molecule is C=C(C)COc1ccccc1OP(=O)(O)O. The zero-order valence-electron chi connectivity index (χ0n) is 8.79. The lowest BCUT2D eigenvalue weighted by atomic mass is 10.3. The molecule has 1 aromatic carbocycles. The second-order valence-corrected chi connectivity index (χ2v) is 4.44. The summed E-state index contributed by atoms with van der Waals surface area (Å²) in [5.41, 5.74) is 0.797. The number of ether oxygens (including phenoxy) is 1. The topological polar surface area (TPSA) is 76.0 Å². The minimum absolute atomic E-state index is 0.0112. The Morgan fingerprint density at radius 1 is 1.38 bits per heavy atom. The standard InChI is InChI=1S/C10H13O5P/c1-8(2)7-14-9-5-3-4-6-10(9)15-16(11,12)13/h3-6H,1,7H2,2H3,(H2,11,12,13). The Labute approximate surface area is 93.6 Å². The molecule has 16 heavy (non-hydrogen) atoms. The van der Waals surface area contributed by atoms with Gasteiger partial charge in [-0.3, -0.25) is 9.79 Å². The molecule has 0 saturated heterocycles. The second-order valence-electron chi connectivity index (χ2n) is 3.27. The van der Waals surface area contributed by atoms with E-state index in [0.29, 0.717) is 0 Å². The third-order valence-corrected chi connectivity index (χ3v) is 1.98. The van der Waals surface area contributed by atoms with Gasteiger partial charge in [0, 0.05) is 0 Å². The largest absolute Gasteiger partial charge is 0.524 e. The molecule has 0 unspecified atom stereocenters. The highest BCUT2D eigenvalue weighted by Crippen LogP contribution is 2.41. The maximum atomic E-state index is 10.7. The van der Waals surface area contributed by atoms with Gasteiger partial charge in [0.1, 0.15) is 6.61 Å². The predicted octanol–water partition coefficient (Wildman–Crippen LogP) is 2.11. The van der Waals surface area contributed by atoms with E-state index in [1.54, 1.807) is 25.1 Å². The van der Waals surface area contributed by atoms with E-state index in [0.717, 1.165) is 5.57 Å². The van der Waals surface area contributed by atoms with Crippen LogP contribution in [0.1, 0.15) is 6.92 Å². The van der Waals surface area contributed by atoms with Crippen molar-refractivity contribution in [2.45, 2.75) is 6.92 Å². The molecule has 5 nitrogen and oxygen atoms in total. The molecule has 0 aliphatic rings. The first-order chi connectivity index (χ1) is 7.38. The van der Waals surface area contributed by atoms with Crippen molar-refractivity contribution in [3.8, 4) is 11.5 Å². The van der Waals surface area contributed by atoms with Crippen LogP contribution in [0.4, 0.5) is 0 Å². The smallest absolute Gasteiger partial charge is 0.485 e. The fraction of sp³-hybridized carbons (Fsp3) is 0.200. The molecule has 0 fully saturated rings. The molecular formula is C10H13O5P. The third kappa shape index (κ3) is 4.49. The average molecular weight is 244 g/mol. The van der Waals surface area contributed by atoms with E-state index < -0.39 is 7.82 Å². The van der Waals surface area contributed by atoms with Gasteiger partial charge in [0.05, 0.1) is 0 Å². The van der Waals surface area contributed by atoms with E-state index in [4.69, 9.17) is 14.5 Å². The van der Waals surface area contributed by atoms with Crippen LogP contribution in [-0.4, -0.2) is 16.4 Å². The molecule has 0 aliphatic heterocycles. The molecule has 0 saturated carbocycles. The number of phosphoric ester groups is 1. The van der Waals surface area contributed by atoms with Crippen LogP contribution in [0.2, 0.25) is 0 Å². The number of hydrogen-bond donors (Lipinski definition) is 2. The van der Waals surface area contributed by atoms with E-state index >= 15 is 0 Å². The highest BCUT2D eigenvalue weighted by Gasteiger charge is 2.18.